The molecular formula is C14H19BrN2O3. The van der Waals surface area contributed by atoms with E-state index in [1.165, 1.54) is 0 Å². The lowest BCUT2D eigenvalue weighted by Gasteiger charge is -2.27. The number of benzene rings is 1. The van der Waals surface area contributed by atoms with Crippen molar-refractivity contribution in [2.45, 2.75) is 33.7 Å². The molecule has 0 saturated carbocycles. The normalized spacial score (nSPS) is 12.7. The van der Waals surface area contributed by atoms with E-state index in [9.17, 15) is 9.59 Å². The first-order valence-corrected chi connectivity index (χ1v) is 6.97. The Balaban J connectivity index is 2.79. The van der Waals surface area contributed by atoms with Crippen LogP contribution in [-0.2, 0) is 4.79 Å². The molecule has 1 rings (SSSR count). The summed E-state index contributed by atoms with van der Waals surface area (Å²) in [5.74, 6) is -1.06. The van der Waals surface area contributed by atoms with E-state index in [0.717, 1.165) is 10.0 Å². The first-order valence-electron chi connectivity index (χ1n) is 6.17. The minimum atomic E-state index is -1.06. The number of amides is 2. The van der Waals surface area contributed by atoms with Gasteiger partial charge in [-0.05, 0) is 36.1 Å². The van der Waals surface area contributed by atoms with Gasteiger partial charge in [-0.25, -0.2) is 9.59 Å². The second-order valence-electron chi connectivity index (χ2n) is 5.69. The molecule has 20 heavy (non-hydrogen) atoms. The third-order valence-electron chi connectivity index (χ3n) is 2.83. The molecule has 0 radical (unpaired) electrons. The molecule has 0 aliphatic rings. The van der Waals surface area contributed by atoms with E-state index < -0.39 is 23.5 Å². The molecule has 1 aromatic carbocycles. The van der Waals surface area contributed by atoms with Crippen LogP contribution in [0.5, 0.6) is 0 Å². The molecule has 0 spiro atoms. The Labute approximate surface area is 126 Å². The Morgan fingerprint density at radius 2 is 1.90 bits per heavy atom. The van der Waals surface area contributed by atoms with Crippen molar-refractivity contribution in [3.05, 3.63) is 28.2 Å². The molecule has 110 valence electrons. The zero-order chi connectivity index (χ0) is 15.5. The summed E-state index contributed by atoms with van der Waals surface area (Å²) in [6, 6.07) is 3.94. The fourth-order valence-corrected chi connectivity index (χ4v) is 2.18. The second-order valence-corrected chi connectivity index (χ2v) is 6.61. The van der Waals surface area contributed by atoms with Crippen LogP contribution in [0.4, 0.5) is 10.5 Å². The van der Waals surface area contributed by atoms with Gasteiger partial charge in [0.05, 0.1) is 0 Å². The summed E-state index contributed by atoms with van der Waals surface area (Å²) < 4.78 is 0.916. The maximum Gasteiger partial charge on any atom is 0.326 e. The van der Waals surface area contributed by atoms with Gasteiger partial charge in [-0.3, -0.25) is 0 Å². The van der Waals surface area contributed by atoms with Crippen molar-refractivity contribution in [3.8, 4) is 0 Å². The van der Waals surface area contributed by atoms with Crippen molar-refractivity contribution in [2.75, 3.05) is 5.32 Å². The summed E-state index contributed by atoms with van der Waals surface area (Å²) in [7, 11) is 0. The summed E-state index contributed by atoms with van der Waals surface area (Å²) in [5.41, 5.74) is 0.957. The van der Waals surface area contributed by atoms with Crippen molar-refractivity contribution in [1.29, 1.82) is 0 Å². The number of hydrogen-bond acceptors (Lipinski definition) is 2. The Hall–Kier alpha value is -1.56. The molecule has 0 fully saturated rings. The minimum absolute atomic E-state index is 0.530. The fraction of sp³-hybridized carbons (Fsp3) is 0.429. The number of carbonyl (C=O) groups is 2. The Kier molecular flexibility index (Phi) is 5.16. The van der Waals surface area contributed by atoms with E-state index in [0.29, 0.717) is 5.69 Å². The van der Waals surface area contributed by atoms with Gasteiger partial charge in [0.2, 0.25) is 0 Å². The molecule has 6 heteroatoms. The van der Waals surface area contributed by atoms with Gasteiger partial charge in [0.1, 0.15) is 6.04 Å². The van der Waals surface area contributed by atoms with E-state index in [-0.39, 0.29) is 0 Å². The van der Waals surface area contributed by atoms with Gasteiger partial charge >= 0.3 is 12.0 Å². The lowest BCUT2D eigenvalue weighted by atomic mass is 9.87. The number of carboxylic acids is 1. The second kappa shape index (κ2) is 6.26. The number of carbonyl (C=O) groups excluding carboxylic acids is 1. The maximum absolute atomic E-state index is 11.9. The summed E-state index contributed by atoms with van der Waals surface area (Å²) in [4.78, 5) is 23.1. The third-order valence-corrected chi connectivity index (χ3v) is 3.32. The lowest BCUT2D eigenvalue weighted by molar-refractivity contribution is -0.141. The van der Waals surface area contributed by atoms with Crippen LogP contribution < -0.4 is 10.6 Å². The Morgan fingerprint density at radius 3 is 2.35 bits per heavy atom. The molecule has 1 atom stereocenters. The number of aryl methyl sites for hydroxylation is 1. The number of hydrogen-bond donors (Lipinski definition) is 3. The standard InChI is InChI=1S/C14H19BrN2O3/c1-8-7-9(15)5-6-10(8)16-13(20)17-11(12(18)19)14(2,3)4/h5-7,11H,1-4H3,(H,18,19)(H2,16,17,20). The highest BCUT2D eigenvalue weighted by atomic mass is 79.9. The lowest BCUT2D eigenvalue weighted by Crippen LogP contribution is -2.50. The van der Waals surface area contributed by atoms with E-state index >= 15 is 0 Å². The van der Waals surface area contributed by atoms with Gasteiger partial charge in [0.15, 0.2) is 0 Å². The van der Waals surface area contributed by atoms with Crippen LogP contribution >= 0.6 is 15.9 Å². The van der Waals surface area contributed by atoms with Crippen LogP contribution in [-0.4, -0.2) is 23.1 Å². The zero-order valence-electron chi connectivity index (χ0n) is 12.0. The molecule has 0 heterocycles. The molecule has 0 saturated heterocycles. The number of anilines is 1. The van der Waals surface area contributed by atoms with E-state index in [1.807, 2.05) is 13.0 Å². The Morgan fingerprint density at radius 1 is 1.30 bits per heavy atom. The predicted octanol–water partition coefficient (Wildman–Crippen LogP) is 3.38. The number of rotatable bonds is 3. The molecule has 3 N–H and O–H groups in total. The molecule has 0 aromatic heterocycles. The fourth-order valence-electron chi connectivity index (χ4n) is 1.71. The van der Waals surface area contributed by atoms with E-state index in [2.05, 4.69) is 26.6 Å². The quantitative estimate of drug-likeness (QED) is 0.787. The third kappa shape index (κ3) is 4.52. The first kappa shape index (κ1) is 16.5. The molecule has 1 unspecified atom stereocenters. The molecule has 2 amide bonds. The maximum atomic E-state index is 11.9. The molecule has 5 nitrogen and oxygen atoms in total. The highest BCUT2D eigenvalue weighted by molar-refractivity contribution is 9.10. The Bertz CT molecular complexity index is 524. The van der Waals surface area contributed by atoms with Crippen LogP contribution in [0, 0.1) is 12.3 Å². The van der Waals surface area contributed by atoms with Crippen LogP contribution in [0.3, 0.4) is 0 Å². The number of nitrogens with one attached hydrogen (secondary N) is 2. The average Bonchev–Trinajstić information content (AvgIpc) is 2.28. The van der Waals surface area contributed by atoms with Gasteiger partial charge in [0.25, 0.3) is 0 Å². The highest BCUT2D eigenvalue weighted by Crippen LogP contribution is 2.21. The summed E-state index contributed by atoms with van der Waals surface area (Å²) in [5, 5.41) is 14.3. The minimum Gasteiger partial charge on any atom is -0.480 e. The van der Waals surface area contributed by atoms with Crippen LogP contribution in [0.25, 0.3) is 0 Å². The average molecular weight is 343 g/mol. The largest absolute Gasteiger partial charge is 0.480 e. The number of carboxylic acid groups (broad SMARTS) is 1. The summed E-state index contributed by atoms with van der Waals surface area (Å²) >= 11 is 3.34. The predicted molar refractivity (Wildman–Crippen MR) is 81.9 cm³/mol. The van der Waals surface area contributed by atoms with Gasteiger partial charge in [-0.15, -0.1) is 0 Å². The topological polar surface area (TPSA) is 78.4 Å². The van der Waals surface area contributed by atoms with Crippen molar-refractivity contribution in [1.82, 2.24) is 5.32 Å². The number of halogens is 1. The van der Waals surface area contributed by atoms with Crippen LogP contribution in [0.2, 0.25) is 0 Å². The van der Waals surface area contributed by atoms with Crippen LogP contribution in [0.1, 0.15) is 26.3 Å². The van der Waals surface area contributed by atoms with Gasteiger partial charge < -0.3 is 15.7 Å². The monoisotopic (exact) mass is 342 g/mol. The molecule has 1 aromatic rings. The smallest absolute Gasteiger partial charge is 0.326 e. The summed E-state index contributed by atoms with van der Waals surface area (Å²) in [6.45, 7) is 7.14. The van der Waals surface area contributed by atoms with E-state index in [1.54, 1.807) is 32.9 Å². The molecular weight excluding hydrogens is 324 g/mol. The molecule has 0 aliphatic heterocycles. The van der Waals surface area contributed by atoms with E-state index in [4.69, 9.17) is 5.11 Å². The van der Waals surface area contributed by atoms with Crippen molar-refractivity contribution >= 4 is 33.6 Å². The number of aliphatic carboxylic acids is 1. The van der Waals surface area contributed by atoms with Gasteiger partial charge in [-0.2, -0.15) is 0 Å². The molecule has 0 aliphatic carbocycles. The first-order chi connectivity index (χ1) is 9.11. The van der Waals surface area contributed by atoms with Gasteiger partial charge in [-0.1, -0.05) is 36.7 Å². The van der Waals surface area contributed by atoms with Crippen molar-refractivity contribution in [3.63, 3.8) is 0 Å². The zero-order valence-corrected chi connectivity index (χ0v) is 13.5. The summed E-state index contributed by atoms with van der Waals surface area (Å²) in [6.07, 6.45) is 0. The number of urea groups is 1. The van der Waals surface area contributed by atoms with Crippen molar-refractivity contribution < 1.29 is 14.7 Å². The van der Waals surface area contributed by atoms with Gasteiger partial charge in [0, 0.05) is 10.2 Å². The van der Waals surface area contributed by atoms with Crippen molar-refractivity contribution in [2.24, 2.45) is 5.41 Å². The highest BCUT2D eigenvalue weighted by Gasteiger charge is 2.32. The SMILES string of the molecule is Cc1cc(Br)ccc1NC(=O)NC(C(=O)O)C(C)(C)C. The van der Waals surface area contributed by atoms with Crippen LogP contribution in [0.15, 0.2) is 22.7 Å². The molecule has 0 bridgehead atoms.